The second-order valence-electron chi connectivity index (χ2n) is 6.85. The summed E-state index contributed by atoms with van der Waals surface area (Å²) in [6.45, 7) is 0.473. The van der Waals surface area contributed by atoms with E-state index in [1.165, 1.54) is 0 Å². The van der Waals surface area contributed by atoms with E-state index >= 15 is 0 Å². The Morgan fingerprint density at radius 3 is 2.29 bits per heavy atom. The van der Waals surface area contributed by atoms with Gasteiger partial charge in [0.05, 0.1) is 24.0 Å². The van der Waals surface area contributed by atoms with Crippen LogP contribution in [0.5, 0.6) is 0 Å². The van der Waals surface area contributed by atoms with E-state index in [1.807, 2.05) is 24.3 Å². The fraction of sp³-hybridized carbons (Fsp3) is 0.0417. The van der Waals surface area contributed by atoms with Crippen molar-refractivity contribution in [3.63, 3.8) is 0 Å². The highest BCUT2D eigenvalue weighted by molar-refractivity contribution is 6.31. The average Bonchev–Trinajstić information content (AvgIpc) is 3.22. The number of benzene rings is 3. The summed E-state index contributed by atoms with van der Waals surface area (Å²) in [7, 11) is 0. The molecular formula is C24H17Cl2N3O2. The van der Waals surface area contributed by atoms with Gasteiger partial charge in [-0.05, 0) is 42.0 Å². The molecule has 0 unspecified atom stereocenters. The topological polar surface area (TPSA) is 64.0 Å². The molecule has 0 spiro atoms. The number of hydrogen-bond acceptors (Lipinski definition) is 3. The number of nitrogens with zero attached hydrogens (tertiary/aromatic N) is 2. The van der Waals surface area contributed by atoms with Gasteiger partial charge >= 0.3 is 0 Å². The first-order valence-electron chi connectivity index (χ1n) is 9.48. The molecule has 0 aliphatic carbocycles. The fourth-order valence-electron chi connectivity index (χ4n) is 3.15. The van der Waals surface area contributed by atoms with Crippen molar-refractivity contribution >= 4 is 40.6 Å². The van der Waals surface area contributed by atoms with Gasteiger partial charge in [0.1, 0.15) is 0 Å². The van der Waals surface area contributed by atoms with Crippen molar-refractivity contribution in [2.24, 2.45) is 0 Å². The molecule has 0 atom stereocenters. The van der Waals surface area contributed by atoms with Crippen molar-refractivity contribution in [2.75, 3.05) is 5.32 Å². The number of rotatable bonds is 6. The highest BCUT2D eigenvalue weighted by atomic mass is 35.5. The van der Waals surface area contributed by atoms with E-state index in [0.29, 0.717) is 33.4 Å². The van der Waals surface area contributed by atoms with Crippen LogP contribution in [0.15, 0.2) is 85.2 Å². The quantitative estimate of drug-likeness (QED) is 0.382. The zero-order valence-electron chi connectivity index (χ0n) is 16.3. The summed E-state index contributed by atoms with van der Waals surface area (Å²) in [5, 5.41) is 8.27. The molecule has 5 nitrogen and oxygen atoms in total. The Kier molecular flexibility index (Phi) is 6.16. The molecule has 0 fully saturated rings. The largest absolute Gasteiger partial charge is 0.319 e. The van der Waals surface area contributed by atoms with Crippen molar-refractivity contribution in [3.05, 3.63) is 117 Å². The Labute approximate surface area is 189 Å². The van der Waals surface area contributed by atoms with Gasteiger partial charge in [-0.2, -0.15) is 5.10 Å². The van der Waals surface area contributed by atoms with E-state index in [2.05, 4.69) is 10.4 Å². The van der Waals surface area contributed by atoms with Crippen molar-refractivity contribution in [1.29, 1.82) is 0 Å². The molecular weight excluding hydrogens is 433 g/mol. The lowest BCUT2D eigenvalue weighted by molar-refractivity contribution is 0.0996. The first kappa shape index (κ1) is 20.8. The van der Waals surface area contributed by atoms with Crippen molar-refractivity contribution in [2.45, 2.75) is 6.54 Å². The predicted octanol–water partition coefficient (Wildman–Crippen LogP) is 5.72. The molecule has 0 bridgehead atoms. The molecule has 4 rings (SSSR count). The summed E-state index contributed by atoms with van der Waals surface area (Å²) < 4.78 is 1.68. The SMILES string of the molecule is O=C(Nc1cnn(Cc2ccccc2Cl)c1)c1ccccc1C(=O)c1ccc(Cl)cc1. The Morgan fingerprint density at radius 1 is 0.871 bits per heavy atom. The molecule has 1 heterocycles. The van der Waals surface area contributed by atoms with E-state index in [4.69, 9.17) is 23.2 Å². The zero-order chi connectivity index (χ0) is 21.8. The van der Waals surface area contributed by atoms with Crippen LogP contribution < -0.4 is 5.32 Å². The smallest absolute Gasteiger partial charge is 0.256 e. The Bertz CT molecular complexity index is 1250. The van der Waals surface area contributed by atoms with Gasteiger partial charge in [0.2, 0.25) is 0 Å². The lowest BCUT2D eigenvalue weighted by Gasteiger charge is -2.09. The second kappa shape index (κ2) is 9.16. The third-order valence-corrected chi connectivity index (χ3v) is 5.32. The number of nitrogens with one attached hydrogen (secondary N) is 1. The molecule has 0 aliphatic rings. The molecule has 0 radical (unpaired) electrons. The number of amides is 1. The Balaban J connectivity index is 1.52. The Hall–Kier alpha value is -3.41. The summed E-state index contributed by atoms with van der Waals surface area (Å²) >= 11 is 12.1. The maximum Gasteiger partial charge on any atom is 0.256 e. The van der Waals surface area contributed by atoms with Crippen molar-refractivity contribution in [1.82, 2.24) is 9.78 Å². The van der Waals surface area contributed by atoms with Crippen LogP contribution in [-0.2, 0) is 6.54 Å². The minimum absolute atomic E-state index is 0.253. The number of carbonyl (C=O) groups excluding carboxylic acids is 2. The highest BCUT2D eigenvalue weighted by Gasteiger charge is 2.18. The number of aromatic nitrogens is 2. The number of hydrogen-bond donors (Lipinski definition) is 1. The molecule has 1 amide bonds. The normalized spacial score (nSPS) is 10.6. The van der Waals surface area contributed by atoms with Gasteiger partial charge in [0.25, 0.3) is 5.91 Å². The van der Waals surface area contributed by atoms with Crippen LogP contribution in [0.2, 0.25) is 10.0 Å². The number of halogens is 2. The maximum atomic E-state index is 12.9. The van der Waals surface area contributed by atoms with Crippen LogP contribution in [0, 0.1) is 0 Å². The summed E-state index contributed by atoms with van der Waals surface area (Å²) in [4.78, 5) is 25.8. The zero-order valence-corrected chi connectivity index (χ0v) is 17.8. The molecule has 1 aromatic heterocycles. The van der Waals surface area contributed by atoms with Crippen molar-refractivity contribution < 1.29 is 9.59 Å². The highest BCUT2D eigenvalue weighted by Crippen LogP contribution is 2.20. The number of anilines is 1. The molecule has 7 heteroatoms. The monoisotopic (exact) mass is 449 g/mol. The van der Waals surface area contributed by atoms with E-state index in [-0.39, 0.29) is 11.3 Å². The second-order valence-corrected chi connectivity index (χ2v) is 7.70. The molecule has 0 aliphatic heterocycles. The summed E-state index contributed by atoms with van der Waals surface area (Å²) in [6.07, 6.45) is 3.27. The number of carbonyl (C=O) groups is 2. The molecule has 154 valence electrons. The minimum Gasteiger partial charge on any atom is -0.319 e. The van der Waals surface area contributed by atoms with Crippen LogP contribution in [0.25, 0.3) is 0 Å². The standard InChI is InChI=1S/C24H17Cl2N3O2/c25-18-11-9-16(10-12-18)23(30)20-6-2-3-7-21(20)24(31)28-19-13-27-29(15-19)14-17-5-1-4-8-22(17)26/h1-13,15H,14H2,(H,28,31). The first-order valence-corrected chi connectivity index (χ1v) is 10.2. The average molecular weight is 450 g/mol. The van der Waals surface area contributed by atoms with Gasteiger partial charge in [0, 0.05) is 27.4 Å². The van der Waals surface area contributed by atoms with Gasteiger partial charge in [-0.25, -0.2) is 0 Å². The summed E-state index contributed by atoms with van der Waals surface area (Å²) in [5.74, 6) is -0.646. The van der Waals surface area contributed by atoms with Crippen LogP contribution in [0.4, 0.5) is 5.69 Å². The molecule has 0 saturated heterocycles. The molecule has 31 heavy (non-hydrogen) atoms. The van der Waals surface area contributed by atoms with Gasteiger partial charge in [-0.1, -0.05) is 59.6 Å². The number of ketones is 1. The first-order chi connectivity index (χ1) is 15.0. The van der Waals surface area contributed by atoms with E-state index in [9.17, 15) is 9.59 Å². The van der Waals surface area contributed by atoms with Crippen LogP contribution >= 0.6 is 23.2 Å². The Morgan fingerprint density at radius 2 is 1.55 bits per heavy atom. The summed E-state index contributed by atoms with van der Waals surface area (Å²) in [5.41, 5.74) is 2.49. The third-order valence-electron chi connectivity index (χ3n) is 4.70. The van der Waals surface area contributed by atoms with Gasteiger partial charge in [0.15, 0.2) is 5.78 Å². The third kappa shape index (κ3) is 4.85. The van der Waals surface area contributed by atoms with Gasteiger partial charge in [-0.15, -0.1) is 0 Å². The summed E-state index contributed by atoms with van der Waals surface area (Å²) in [6, 6.07) is 20.8. The molecule has 0 saturated carbocycles. The van der Waals surface area contributed by atoms with Crippen LogP contribution in [0.1, 0.15) is 31.8 Å². The van der Waals surface area contributed by atoms with E-state index < -0.39 is 5.91 Å². The van der Waals surface area contributed by atoms with E-state index in [0.717, 1.165) is 5.56 Å². The van der Waals surface area contributed by atoms with Crippen LogP contribution in [0.3, 0.4) is 0 Å². The molecule has 1 N–H and O–H groups in total. The molecule has 4 aromatic rings. The van der Waals surface area contributed by atoms with E-state index in [1.54, 1.807) is 65.6 Å². The van der Waals surface area contributed by atoms with Crippen molar-refractivity contribution in [3.8, 4) is 0 Å². The predicted molar refractivity (Wildman–Crippen MR) is 122 cm³/mol. The lowest BCUT2D eigenvalue weighted by atomic mass is 9.98. The fourth-order valence-corrected chi connectivity index (χ4v) is 3.47. The maximum absolute atomic E-state index is 12.9. The van der Waals surface area contributed by atoms with Gasteiger partial charge < -0.3 is 5.32 Å². The minimum atomic E-state index is -0.393. The lowest BCUT2D eigenvalue weighted by Crippen LogP contribution is -2.16. The molecule has 3 aromatic carbocycles. The van der Waals surface area contributed by atoms with Crippen LogP contribution in [-0.4, -0.2) is 21.5 Å². The van der Waals surface area contributed by atoms with Gasteiger partial charge in [-0.3, -0.25) is 14.3 Å².